The molecule has 1 aliphatic carbocycles. The van der Waals surface area contributed by atoms with Crippen LogP contribution in [0.1, 0.15) is 44.2 Å². The lowest BCUT2D eigenvalue weighted by atomic mass is 9.87. The average molecular weight is 387 g/mol. The Balaban J connectivity index is 1.59. The number of morpholine rings is 1. The smallest absolute Gasteiger partial charge is 0.243 e. The van der Waals surface area contributed by atoms with E-state index >= 15 is 0 Å². The first-order chi connectivity index (χ1) is 13.5. The number of piperidine rings is 1. The van der Waals surface area contributed by atoms with Crippen molar-refractivity contribution in [1.82, 2.24) is 9.80 Å². The van der Waals surface area contributed by atoms with Crippen LogP contribution in [-0.4, -0.2) is 71.3 Å². The van der Waals surface area contributed by atoms with Crippen LogP contribution in [0.3, 0.4) is 0 Å². The molecule has 5 heteroatoms. The Bertz CT molecular complexity index is 664. The Morgan fingerprint density at radius 1 is 1.11 bits per heavy atom. The number of hydrogen-bond donors (Lipinski definition) is 1. The van der Waals surface area contributed by atoms with E-state index < -0.39 is 5.54 Å². The van der Waals surface area contributed by atoms with Gasteiger partial charge < -0.3 is 14.7 Å². The lowest BCUT2D eigenvalue weighted by Gasteiger charge is -2.48. The van der Waals surface area contributed by atoms with Gasteiger partial charge in [0.1, 0.15) is 5.54 Å². The van der Waals surface area contributed by atoms with E-state index in [-0.39, 0.29) is 18.8 Å². The summed E-state index contributed by atoms with van der Waals surface area (Å²) in [4.78, 5) is 18.5. The van der Waals surface area contributed by atoms with Gasteiger partial charge >= 0.3 is 0 Å². The van der Waals surface area contributed by atoms with Gasteiger partial charge in [-0.3, -0.25) is 9.69 Å². The molecule has 2 heterocycles. The van der Waals surface area contributed by atoms with Crippen molar-refractivity contribution >= 4 is 5.91 Å². The number of hydrogen-bond acceptors (Lipinski definition) is 4. The summed E-state index contributed by atoms with van der Waals surface area (Å²) in [7, 11) is 0. The summed E-state index contributed by atoms with van der Waals surface area (Å²) in [6, 6.07) is 8.55. The molecular formula is C23H34N2O3. The minimum Gasteiger partial charge on any atom is -0.396 e. The molecule has 2 saturated heterocycles. The van der Waals surface area contributed by atoms with Crippen molar-refractivity contribution in [2.24, 2.45) is 5.92 Å². The van der Waals surface area contributed by atoms with E-state index in [1.807, 2.05) is 0 Å². The third kappa shape index (κ3) is 3.72. The molecule has 2 aliphatic heterocycles. The van der Waals surface area contributed by atoms with Crippen LogP contribution in [0.4, 0.5) is 0 Å². The lowest BCUT2D eigenvalue weighted by molar-refractivity contribution is -0.155. The molecule has 0 saturated carbocycles. The van der Waals surface area contributed by atoms with Gasteiger partial charge in [-0.05, 0) is 50.2 Å². The van der Waals surface area contributed by atoms with Crippen LogP contribution >= 0.6 is 0 Å². The number of aliphatic hydroxyl groups excluding tert-OH is 1. The third-order valence-corrected chi connectivity index (χ3v) is 6.95. The molecular weight excluding hydrogens is 352 g/mol. The van der Waals surface area contributed by atoms with Crippen LogP contribution in [0.2, 0.25) is 0 Å². The molecule has 5 nitrogen and oxygen atoms in total. The molecule has 2 fully saturated rings. The fourth-order valence-corrected chi connectivity index (χ4v) is 5.53. The molecule has 1 aromatic carbocycles. The summed E-state index contributed by atoms with van der Waals surface area (Å²) < 4.78 is 5.97. The summed E-state index contributed by atoms with van der Waals surface area (Å²) in [6.45, 7) is 7.73. The van der Waals surface area contributed by atoms with E-state index in [4.69, 9.17) is 4.74 Å². The molecule has 1 amide bonds. The quantitative estimate of drug-likeness (QED) is 0.862. The summed E-state index contributed by atoms with van der Waals surface area (Å²) in [5, 5.41) is 9.23. The van der Waals surface area contributed by atoms with Gasteiger partial charge in [0, 0.05) is 45.6 Å². The van der Waals surface area contributed by atoms with Crippen molar-refractivity contribution in [1.29, 1.82) is 0 Å². The maximum absolute atomic E-state index is 14.0. The first kappa shape index (κ1) is 19.9. The number of ether oxygens (including phenoxy) is 1. The number of nitrogens with zero attached hydrogens (tertiary/aromatic N) is 2. The molecule has 0 radical (unpaired) electrons. The van der Waals surface area contributed by atoms with Crippen molar-refractivity contribution in [3.8, 4) is 0 Å². The first-order valence-corrected chi connectivity index (χ1v) is 10.9. The van der Waals surface area contributed by atoms with Crippen LogP contribution in [0.15, 0.2) is 24.3 Å². The lowest BCUT2D eigenvalue weighted by Crippen LogP contribution is -2.65. The van der Waals surface area contributed by atoms with Crippen molar-refractivity contribution in [3.05, 3.63) is 35.4 Å². The number of carbonyl (C=O) groups is 1. The van der Waals surface area contributed by atoms with Crippen molar-refractivity contribution in [2.75, 3.05) is 32.8 Å². The van der Waals surface area contributed by atoms with Gasteiger partial charge in [-0.2, -0.15) is 0 Å². The molecule has 154 valence electrons. The molecule has 0 spiro atoms. The highest BCUT2D eigenvalue weighted by Gasteiger charge is 2.51. The number of benzene rings is 1. The van der Waals surface area contributed by atoms with Gasteiger partial charge in [-0.25, -0.2) is 0 Å². The number of aliphatic hydroxyl groups is 1. The minimum atomic E-state index is -0.472. The zero-order valence-corrected chi connectivity index (χ0v) is 17.3. The Morgan fingerprint density at radius 2 is 1.68 bits per heavy atom. The van der Waals surface area contributed by atoms with Crippen molar-refractivity contribution in [2.45, 2.75) is 63.7 Å². The zero-order chi connectivity index (χ0) is 19.7. The highest BCUT2D eigenvalue weighted by Crippen LogP contribution is 2.38. The normalized spacial score (nSPS) is 28.3. The number of fused-ring (bicyclic) bond motifs is 1. The topological polar surface area (TPSA) is 53.0 Å². The van der Waals surface area contributed by atoms with Gasteiger partial charge in [-0.15, -0.1) is 0 Å². The third-order valence-electron chi connectivity index (χ3n) is 6.95. The van der Waals surface area contributed by atoms with Crippen LogP contribution in [-0.2, 0) is 22.4 Å². The van der Waals surface area contributed by atoms with Crippen LogP contribution < -0.4 is 0 Å². The second kappa shape index (κ2) is 8.13. The van der Waals surface area contributed by atoms with E-state index in [0.717, 1.165) is 58.3 Å². The second-order valence-electron chi connectivity index (χ2n) is 9.06. The average Bonchev–Trinajstić information content (AvgIpc) is 3.08. The maximum Gasteiger partial charge on any atom is 0.243 e. The predicted molar refractivity (Wildman–Crippen MR) is 109 cm³/mol. The molecule has 0 bridgehead atoms. The monoisotopic (exact) mass is 386 g/mol. The van der Waals surface area contributed by atoms with E-state index in [1.165, 1.54) is 11.1 Å². The molecule has 4 rings (SSSR count). The van der Waals surface area contributed by atoms with E-state index in [0.29, 0.717) is 11.8 Å². The van der Waals surface area contributed by atoms with Gasteiger partial charge in [0.25, 0.3) is 0 Å². The van der Waals surface area contributed by atoms with Gasteiger partial charge in [-0.1, -0.05) is 24.3 Å². The fraction of sp³-hybridized carbons (Fsp3) is 0.696. The standard InChI is InChI=1S/C23H34N2O3/c1-17-15-25(16-18(2)28-17)23(13-20-5-3-4-6-21(20)14-23)22(27)24-10-7-19(8-11-24)9-12-26/h3-6,17-19,26H,7-16H2,1-2H3/t17-,18+. The fourth-order valence-electron chi connectivity index (χ4n) is 5.53. The van der Waals surface area contributed by atoms with E-state index in [1.54, 1.807) is 0 Å². The van der Waals surface area contributed by atoms with Gasteiger partial charge in [0.2, 0.25) is 5.91 Å². The Morgan fingerprint density at radius 3 is 2.21 bits per heavy atom. The van der Waals surface area contributed by atoms with Crippen molar-refractivity contribution < 1.29 is 14.6 Å². The molecule has 1 N–H and O–H groups in total. The molecule has 0 unspecified atom stereocenters. The predicted octanol–water partition coefficient (Wildman–Crippen LogP) is 2.25. The van der Waals surface area contributed by atoms with Crippen molar-refractivity contribution in [3.63, 3.8) is 0 Å². The second-order valence-corrected chi connectivity index (χ2v) is 9.06. The summed E-state index contributed by atoms with van der Waals surface area (Å²) in [5.41, 5.74) is 2.16. The highest BCUT2D eigenvalue weighted by molar-refractivity contribution is 5.88. The molecule has 1 aromatic rings. The zero-order valence-electron chi connectivity index (χ0n) is 17.3. The van der Waals surface area contributed by atoms with Crippen LogP contribution in [0.25, 0.3) is 0 Å². The minimum absolute atomic E-state index is 0.146. The molecule has 3 aliphatic rings. The number of rotatable bonds is 4. The first-order valence-electron chi connectivity index (χ1n) is 10.9. The number of likely N-dealkylation sites (tertiary alicyclic amines) is 1. The summed E-state index contributed by atoms with van der Waals surface area (Å²) in [6.07, 6.45) is 4.77. The Hall–Kier alpha value is -1.43. The SMILES string of the molecule is C[C@@H]1CN(C2(C(=O)N3CCC(CCO)CC3)Cc3ccccc3C2)C[C@H](C)O1. The highest BCUT2D eigenvalue weighted by atomic mass is 16.5. The van der Waals surface area contributed by atoms with E-state index in [9.17, 15) is 9.90 Å². The number of amides is 1. The van der Waals surface area contributed by atoms with Crippen LogP contribution in [0, 0.1) is 5.92 Å². The Kier molecular flexibility index (Phi) is 5.77. The maximum atomic E-state index is 14.0. The molecule has 28 heavy (non-hydrogen) atoms. The Labute approximate surface area is 168 Å². The molecule has 2 atom stereocenters. The summed E-state index contributed by atoms with van der Waals surface area (Å²) >= 11 is 0. The largest absolute Gasteiger partial charge is 0.396 e. The summed E-state index contributed by atoms with van der Waals surface area (Å²) in [5.74, 6) is 0.849. The molecule has 0 aromatic heterocycles. The number of carbonyl (C=O) groups excluding carboxylic acids is 1. The van der Waals surface area contributed by atoms with Crippen LogP contribution in [0.5, 0.6) is 0 Å². The van der Waals surface area contributed by atoms with Gasteiger partial charge in [0.05, 0.1) is 12.2 Å². The van der Waals surface area contributed by atoms with Gasteiger partial charge in [0.15, 0.2) is 0 Å². The van der Waals surface area contributed by atoms with E-state index in [2.05, 4.69) is 47.9 Å².